The Morgan fingerprint density at radius 2 is 1.61 bits per heavy atom. The van der Waals surface area contributed by atoms with E-state index in [9.17, 15) is 29.3 Å². The molecule has 2 amide bonds. The van der Waals surface area contributed by atoms with Crippen molar-refractivity contribution in [3.05, 3.63) is 52.1 Å². The number of benzene rings is 1. The van der Waals surface area contributed by atoms with Gasteiger partial charge in [0.15, 0.2) is 12.4 Å². The molecule has 31 heavy (non-hydrogen) atoms. The fourth-order valence-corrected chi connectivity index (χ4v) is 5.51. The first-order valence-corrected chi connectivity index (χ1v) is 10.3. The number of non-ortho nitro benzene ring substituents is 1. The van der Waals surface area contributed by atoms with E-state index in [0.29, 0.717) is 11.8 Å². The molecular formula is C22H20N2O7. The Kier molecular flexibility index (Phi) is 4.49. The Bertz CT molecular complexity index is 995. The second kappa shape index (κ2) is 7.11. The number of rotatable bonds is 7. The van der Waals surface area contributed by atoms with E-state index in [1.807, 2.05) is 0 Å². The minimum Gasteiger partial charge on any atom is -0.457 e. The van der Waals surface area contributed by atoms with Crippen molar-refractivity contribution >= 4 is 29.3 Å². The maximum atomic E-state index is 12.9. The fourth-order valence-electron chi connectivity index (χ4n) is 5.51. The van der Waals surface area contributed by atoms with Gasteiger partial charge < -0.3 is 4.74 Å². The molecule has 0 N–H and O–H groups in total. The van der Waals surface area contributed by atoms with E-state index in [-0.39, 0.29) is 59.7 Å². The van der Waals surface area contributed by atoms with Crippen LogP contribution >= 0.6 is 0 Å². The summed E-state index contributed by atoms with van der Waals surface area (Å²) in [7, 11) is 0. The van der Waals surface area contributed by atoms with Gasteiger partial charge in [-0.1, -0.05) is 12.2 Å². The molecule has 1 saturated heterocycles. The summed E-state index contributed by atoms with van der Waals surface area (Å²) in [4.78, 5) is 61.2. The summed E-state index contributed by atoms with van der Waals surface area (Å²) < 4.78 is 4.98. The number of likely N-dealkylation sites (tertiary alicyclic amines) is 1. The molecule has 1 aliphatic heterocycles. The van der Waals surface area contributed by atoms with Gasteiger partial charge in [-0.05, 0) is 42.2 Å². The van der Waals surface area contributed by atoms with Crippen molar-refractivity contribution in [1.82, 2.24) is 4.90 Å². The predicted octanol–water partition coefficient (Wildman–Crippen LogP) is 1.76. The van der Waals surface area contributed by atoms with Gasteiger partial charge in [0.2, 0.25) is 11.8 Å². The van der Waals surface area contributed by atoms with Crippen LogP contribution in [0.1, 0.15) is 23.2 Å². The number of amides is 2. The quantitative estimate of drug-likeness (QED) is 0.163. The molecule has 4 aliphatic carbocycles. The molecule has 0 radical (unpaired) electrons. The van der Waals surface area contributed by atoms with Gasteiger partial charge in [-0.25, -0.2) is 0 Å². The smallest absolute Gasteiger partial charge is 0.308 e. The minimum absolute atomic E-state index is 0.0516. The predicted molar refractivity (Wildman–Crippen MR) is 104 cm³/mol. The highest BCUT2D eigenvalue weighted by Crippen LogP contribution is 2.65. The van der Waals surface area contributed by atoms with E-state index in [1.54, 1.807) is 0 Å². The highest BCUT2D eigenvalue weighted by Gasteiger charge is 2.66. The van der Waals surface area contributed by atoms with Crippen molar-refractivity contribution < 1.29 is 28.8 Å². The SMILES string of the molecule is O=C(CCN1C(=O)[C@@H]2[C@H]3C=C[C@@H]([C@@H]4C[C@@H]34)[C@H]2C1=O)OCC(=O)c1ccc([N+](=O)[O-])cc1. The van der Waals surface area contributed by atoms with Gasteiger partial charge in [0.1, 0.15) is 0 Å². The van der Waals surface area contributed by atoms with E-state index >= 15 is 0 Å². The molecule has 9 heteroatoms. The van der Waals surface area contributed by atoms with Crippen LogP contribution in [-0.2, 0) is 19.1 Å². The van der Waals surface area contributed by atoms with Crippen LogP contribution in [-0.4, -0.2) is 46.5 Å². The van der Waals surface area contributed by atoms with Gasteiger partial charge in [-0.15, -0.1) is 0 Å². The van der Waals surface area contributed by atoms with Gasteiger partial charge >= 0.3 is 5.97 Å². The Balaban J connectivity index is 1.14. The van der Waals surface area contributed by atoms with Gasteiger partial charge in [0, 0.05) is 24.2 Å². The summed E-state index contributed by atoms with van der Waals surface area (Å²) in [6.45, 7) is -0.564. The number of ether oxygens (including phenoxy) is 1. The largest absolute Gasteiger partial charge is 0.457 e. The third-order valence-corrected chi connectivity index (χ3v) is 7.06. The highest BCUT2D eigenvalue weighted by atomic mass is 16.6. The topological polar surface area (TPSA) is 124 Å². The number of imide groups is 1. The molecule has 5 aliphatic rings. The molecule has 1 aromatic carbocycles. The summed E-state index contributed by atoms with van der Waals surface area (Å²) in [5.41, 5.74) is 0.0453. The molecular weight excluding hydrogens is 404 g/mol. The highest BCUT2D eigenvalue weighted by molar-refractivity contribution is 6.06. The Morgan fingerprint density at radius 3 is 2.16 bits per heavy atom. The van der Waals surface area contributed by atoms with Crippen molar-refractivity contribution in [2.24, 2.45) is 35.5 Å². The molecule has 2 saturated carbocycles. The number of ketones is 1. The summed E-state index contributed by atoms with van der Waals surface area (Å²) >= 11 is 0. The van der Waals surface area contributed by atoms with Crippen LogP contribution < -0.4 is 0 Å². The molecule has 1 heterocycles. The number of esters is 1. The summed E-state index contributed by atoms with van der Waals surface area (Å²) in [6.07, 6.45) is 5.09. The number of allylic oxidation sites excluding steroid dienone is 2. The lowest BCUT2D eigenvalue weighted by molar-refractivity contribution is -0.384. The van der Waals surface area contributed by atoms with E-state index in [2.05, 4.69) is 12.2 Å². The van der Waals surface area contributed by atoms with Crippen molar-refractivity contribution in [3.8, 4) is 0 Å². The van der Waals surface area contributed by atoms with E-state index in [4.69, 9.17) is 4.74 Å². The number of Topliss-reactive ketones (excluding diaryl/α,β-unsaturated/α-hetero) is 1. The molecule has 1 aromatic rings. The van der Waals surface area contributed by atoms with Crippen LogP contribution in [0.4, 0.5) is 5.69 Å². The number of nitro benzene ring substituents is 1. The Labute approximate surface area is 177 Å². The number of carbonyl (C=O) groups is 4. The molecule has 6 atom stereocenters. The van der Waals surface area contributed by atoms with Crippen LogP contribution in [0, 0.1) is 45.6 Å². The van der Waals surface area contributed by atoms with Gasteiger partial charge in [0.25, 0.3) is 5.69 Å². The van der Waals surface area contributed by atoms with E-state index < -0.39 is 23.3 Å². The van der Waals surface area contributed by atoms with Gasteiger partial charge in [-0.3, -0.25) is 34.2 Å². The molecule has 3 fully saturated rings. The maximum Gasteiger partial charge on any atom is 0.308 e. The van der Waals surface area contributed by atoms with E-state index in [0.717, 1.165) is 6.42 Å². The second-order valence-corrected chi connectivity index (χ2v) is 8.62. The lowest BCUT2D eigenvalue weighted by Crippen LogP contribution is -2.40. The maximum absolute atomic E-state index is 12.9. The fraction of sp³-hybridized carbons (Fsp3) is 0.455. The zero-order valence-corrected chi connectivity index (χ0v) is 16.5. The molecule has 0 aromatic heterocycles. The zero-order chi connectivity index (χ0) is 21.9. The van der Waals surface area contributed by atoms with Gasteiger partial charge in [0.05, 0.1) is 23.2 Å². The Hall–Kier alpha value is -3.36. The summed E-state index contributed by atoms with van der Waals surface area (Å²) in [6, 6.07) is 4.99. The third kappa shape index (κ3) is 3.15. The van der Waals surface area contributed by atoms with Gasteiger partial charge in [-0.2, -0.15) is 0 Å². The number of nitrogens with zero attached hydrogens (tertiary/aromatic N) is 2. The van der Waals surface area contributed by atoms with Crippen LogP contribution in [0.3, 0.4) is 0 Å². The van der Waals surface area contributed by atoms with Crippen molar-refractivity contribution in [3.63, 3.8) is 0 Å². The summed E-state index contributed by atoms with van der Waals surface area (Å²) in [5, 5.41) is 10.7. The minimum atomic E-state index is -0.685. The lowest BCUT2D eigenvalue weighted by Gasteiger charge is -2.37. The van der Waals surface area contributed by atoms with Crippen LogP contribution in [0.2, 0.25) is 0 Å². The zero-order valence-electron chi connectivity index (χ0n) is 16.5. The Morgan fingerprint density at radius 1 is 1.03 bits per heavy atom. The molecule has 0 unspecified atom stereocenters. The van der Waals surface area contributed by atoms with Crippen molar-refractivity contribution in [2.75, 3.05) is 13.2 Å². The molecule has 6 rings (SSSR count). The number of hydrogen-bond donors (Lipinski definition) is 0. The van der Waals surface area contributed by atoms with Crippen LogP contribution in [0.15, 0.2) is 36.4 Å². The third-order valence-electron chi connectivity index (χ3n) is 7.06. The van der Waals surface area contributed by atoms with Crippen molar-refractivity contribution in [1.29, 1.82) is 0 Å². The first-order valence-electron chi connectivity index (χ1n) is 10.3. The normalized spacial score (nSPS) is 31.9. The standard InChI is InChI=1S/C22H20N2O7/c25-17(11-1-3-12(4-2-11)24(29)30)10-31-18(26)7-8-23-21(27)19-13-5-6-14(16-9-15(13)16)20(19)22(23)28/h1-6,13-16,19-20H,7-10H2/t13-,14-,15-,16-,19+,20+/m0/s1. The lowest BCUT2D eigenvalue weighted by atomic mass is 9.63. The number of nitro groups is 1. The monoisotopic (exact) mass is 424 g/mol. The molecule has 160 valence electrons. The first-order chi connectivity index (χ1) is 14.9. The first kappa shape index (κ1) is 19.6. The van der Waals surface area contributed by atoms with Crippen LogP contribution in [0.5, 0.6) is 0 Å². The average molecular weight is 424 g/mol. The molecule has 2 bridgehead atoms. The van der Waals surface area contributed by atoms with Crippen LogP contribution in [0.25, 0.3) is 0 Å². The number of carbonyl (C=O) groups excluding carboxylic acids is 4. The van der Waals surface area contributed by atoms with Crippen molar-refractivity contribution in [2.45, 2.75) is 12.8 Å². The average Bonchev–Trinajstić information content (AvgIpc) is 3.55. The summed E-state index contributed by atoms with van der Waals surface area (Å²) in [5.74, 6) is -0.882. The van der Waals surface area contributed by atoms with E-state index in [1.165, 1.54) is 29.2 Å². The second-order valence-electron chi connectivity index (χ2n) is 8.62. The molecule has 0 spiro atoms. The molecule has 9 nitrogen and oxygen atoms in total. The number of hydrogen-bond acceptors (Lipinski definition) is 7.